The first-order valence-corrected chi connectivity index (χ1v) is 5.86. The van der Waals surface area contributed by atoms with Gasteiger partial charge < -0.3 is 0 Å². The molecule has 0 unspecified atom stereocenters. The van der Waals surface area contributed by atoms with Gasteiger partial charge in [-0.15, -0.1) is 0 Å². The first-order valence-electron chi connectivity index (χ1n) is 5.10. The fourth-order valence-electron chi connectivity index (χ4n) is 1.60. The molecular formula is C13H6Cl2F4. The van der Waals surface area contributed by atoms with E-state index in [1.54, 1.807) is 0 Å². The third-order valence-corrected chi connectivity index (χ3v) is 3.22. The third-order valence-electron chi connectivity index (χ3n) is 2.48. The minimum absolute atomic E-state index is 0.0888. The largest absolute Gasteiger partial charge is 0.416 e. The monoisotopic (exact) mass is 308 g/mol. The van der Waals surface area contributed by atoms with Crippen LogP contribution in [0, 0.1) is 5.82 Å². The molecule has 0 aromatic heterocycles. The summed E-state index contributed by atoms with van der Waals surface area (Å²) in [7, 11) is 0. The van der Waals surface area contributed by atoms with Crippen LogP contribution in [0.2, 0.25) is 10.0 Å². The second kappa shape index (κ2) is 5.02. The zero-order chi connectivity index (χ0) is 14.2. The number of halogens is 6. The lowest BCUT2D eigenvalue weighted by atomic mass is 10.0. The van der Waals surface area contributed by atoms with E-state index in [1.165, 1.54) is 18.2 Å². The van der Waals surface area contributed by atoms with Crippen LogP contribution in [0.4, 0.5) is 17.6 Å². The number of hydrogen-bond donors (Lipinski definition) is 0. The van der Waals surface area contributed by atoms with Gasteiger partial charge in [0.15, 0.2) is 0 Å². The van der Waals surface area contributed by atoms with Crippen LogP contribution >= 0.6 is 23.2 Å². The van der Waals surface area contributed by atoms with E-state index in [0.29, 0.717) is 11.6 Å². The number of hydrogen-bond acceptors (Lipinski definition) is 0. The van der Waals surface area contributed by atoms with Crippen molar-refractivity contribution in [3.8, 4) is 11.1 Å². The summed E-state index contributed by atoms with van der Waals surface area (Å²) in [6.07, 6.45) is -4.60. The molecule has 0 aliphatic heterocycles. The Morgan fingerprint density at radius 2 is 1.47 bits per heavy atom. The molecule has 0 saturated heterocycles. The van der Waals surface area contributed by atoms with Crippen molar-refractivity contribution < 1.29 is 17.6 Å². The minimum atomic E-state index is -4.60. The quantitative estimate of drug-likeness (QED) is 0.582. The first kappa shape index (κ1) is 14.2. The molecule has 0 N–H and O–H groups in total. The van der Waals surface area contributed by atoms with Crippen molar-refractivity contribution in [3.05, 3.63) is 57.8 Å². The van der Waals surface area contributed by atoms with E-state index in [2.05, 4.69) is 0 Å². The van der Waals surface area contributed by atoms with E-state index >= 15 is 0 Å². The van der Waals surface area contributed by atoms with Crippen molar-refractivity contribution in [3.63, 3.8) is 0 Å². The van der Waals surface area contributed by atoms with Crippen LogP contribution in [0.3, 0.4) is 0 Å². The van der Waals surface area contributed by atoms with E-state index in [1.807, 2.05) is 0 Å². The Hall–Kier alpha value is -1.26. The number of rotatable bonds is 1. The zero-order valence-electron chi connectivity index (χ0n) is 9.23. The molecule has 19 heavy (non-hydrogen) atoms. The maximum absolute atomic E-state index is 13.3. The van der Waals surface area contributed by atoms with Crippen molar-refractivity contribution in [2.24, 2.45) is 0 Å². The van der Waals surface area contributed by atoms with Crippen molar-refractivity contribution in [2.75, 3.05) is 0 Å². The van der Waals surface area contributed by atoms with Gasteiger partial charge in [0.2, 0.25) is 0 Å². The van der Waals surface area contributed by atoms with Gasteiger partial charge in [-0.3, -0.25) is 0 Å². The van der Waals surface area contributed by atoms with E-state index in [0.717, 1.165) is 12.1 Å². The van der Waals surface area contributed by atoms with Gasteiger partial charge in [0, 0.05) is 0 Å². The first-order chi connectivity index (χ1) is 8.77. The van der Waals surface area contributed by atoms with Crippen molar-refractivity contribution in [1.29, 1.82) is 0 Å². The molecule has 2 aromatic rings. The topological polar surface area (TPSA) is 0 Å². The molecule has 0 atom stereocenters. The summed E-state index contributed by atoms with van der Waals surface area (Å²) in [5, 5.41) is 0.467. The lowest BCUT2D eigenvalue weighted by molar-refractivity contribution is -0.137. The van der Waals surface area contributed by atoms with Gasteiger partial charge in [-0.2, -0.15) is 13.2 Å². The molecule has 2 rings (SSSR count). The van der Waals surface area contributed by atoms with Gasteiger partial charge in [0.1, 0.15) is 5.82 Å². The van der Waals surface area contributed by atoms with Crippen LogP contribution in [0.25, 0.3) is 11.1 Å². The fraction of sp³-hybridized carbons (Fsp3) is 0.0769. The molecule has 0 radical (unpaired) electrons. The van der Waals surface area contributed by atoms with E-state index < -0.39 is 17.6 Å². The van der Waals surface area contributed by atoms with Crippen molar-refractivity contribution >= 4 is 23.2 Å². The summed E-state index contributed by atoms with van der Waals surface area (Å²) in [6, 6.07) is 6.62. The molecule has 0 aliphatic rings. The van der Waals surface area contributed by atoms with Gasteiger partial charge in [0.25, 0.3) is 0 Å². The Labute approximate surface area is 116 Å². The summed E-state index contributed by atoms with van der Waals surface area (Å²) >= 11 is 11.5. The lowest BCUT2D eigenvalue weighted by Crippen LogP contribution is -2.05. The van der Waals surface area contributed by atoms with E-state index in [9.17, 15) is 17.6 Å². The maximum Gasteiger partial charge on any atom is 0.416 e. The average molecular weight is 309 g/mol. The molecule has 100 valence electrons. The average Bonchev–Trinajstić information content (AvgIpc) is 2.31. The van der Waals surface area contributed by atoms with Gasteiger partial charge in [-0.25, -0.2) is 4.39 Å². The Balaban J connectivity index is 2.56. The molecule has 2 aromatic carbocycles. The van der Waals surface area contributed by atoms with Gasteiger partial charge >= 0.3 is 6.18 Å². The Morgan fingerprint density at radius 1 is 0.789 bits per heavy atom. The summed E-state index contributed by atoms with van der Waals surface area (Å²) in [6.45, 7) is 0. The highest BCUT2D eigenvalue weighted by Crippen LogP contribution is 2.34. The predicted molar refractivity (Wildman–Crippen MR) is 66.9 cm³/mol. The zero-order valence-corrected chi connectivity index (χ0v) is 10.7. The second-order valence-corrected chi connectivity index (χ2v) is 4.67. The molecule has 0 spiro atoms. The van der Waals surface area contributed by atoms with Gasteiger partial charge in [-0.1, -0.05) is 29.3 Å². The van der Waals surface area contributed by atoms with Crippen LogP contribution in [0.1, 0.15) is 5.56 Å². The summed E-state index contributed by atoms with van der Waals surface area (Å²) in [5.74, 6) is -0.962. The third kappa shape index (κ3) is 3.19. The van der Waals surface area contributed by atoms with Crippen molar-refractivity contribution in [1.82, 2.24) is 0 Å². The van der Waals surface area contributed by atoms with Crippen LogP contribution in [0.5, 0.6) is 0 Å². The SMILES string of the molecule is Fc1cc(-c2ccc(Cl)c(Cl)c2)cc(C(F)(F)F)c1. The predicted octanol–water partition coefficient (Wildman–Crippen LogP) is 5.82. The molecule has 6 heteroatoms. The van der Waals surface area contributed by atoms with Crippen molar-refractivity contribution in [2.45, 2.75) is 6.18 Å². The Bertz CT molecular complexity index is 621. The molecule has 0 amide bonds. The van der Waals surface area contributed by atoms with Crippen LogP contribution < -0.4 is 0 Å². The fourth-order valence-corrected chi connectivity index (χ4v) is 1.89. The Kier molecular flexibility index (Phi) is 3.74. The highest BCUT2D eigenvalue weighted by atomic mass is 35.5. The smallest absolute Gasteiger partial charge is 0.207 e. The van der Waals surface area contributed by atoms with Crippen LogP contribution in [-0.2, 0) is 6.18 Å². The van der Waals surface area contributed by atoms with E-state index in [4.69, 9.17) is 23.2 Å². The molecule has 0 saturated carbocycles. The van der Waals surface area contributed by atoms with Crippen LogP contribution in [0.15, 0.2) is 36.4 Å². The summed E-state index contributed by atoms with van der Waals surface area (Å²) < 4.78 is 51.0. The lowest BCUT2D eigenvalue weighted by Gasteiger charge is -2.10. The second-order valence-electron chi connectivity index (χ2n) is 3.86. The minimum Gasteiger partial charge on any atom is -0.207 e. The molecule has 0 aliphatic carbocycles. The summed E-state index contributed by atoms with van der Waals surface area (Å²) in [5.41, 5.74) is -0.598. The highest BCUT2D eigenvalue weighted by Gasteiger charge is 2.31. The highest BCUT2D eigenvalue weighted by molar-refractivity contribution is 6.42. The van der Waals surface area contributed by atoms with Crippen LogP contribution in [-0.4, -0.2) is 0 Å². The van der Waals surface area contributed by atoms with Gasteiger partial charge in [0.05, 0.1) is 15.6 Å². The number of benzene rings is 2. The van der Waals surface area contributed by atoms with Gasteiger partial charge in [-0.05, 0) is 41.5 Å². The molecule has 0 nitrogen and oxygen atoms in total. The number of alkyl halides is 3. The standard InChI is InChI=1S/C13H6Cl2F4/c14-11-2-1-7(5-12(11)15)8-3-9(13(17,18)19)6-10(16)4-8/h1-6H. The normalized spacial score (nSPS) is 11.7. The Morgan fingerprint density at radius 3 is 2.05 bits per heavy atom. The molecule has 0 heterocycles. The maximum atomic E-state index is 13.3. The van der Waals surface area contributed by atoms with E-state index in [-0.39, 0.29) is 15.6 Å². The molecule has 0 fully saturated rings. The summed E-state index contributed by atoms with van der Waals surface area (Å²) in [4.78, 5) is 0. The molecular weight excluding hydrogens is 303 g/mol. The molecule has 0 bridgehead atoms.